The minimum Gasteiger partial charge on any atom is -0.482 e. The summed E-state index contributed by atoms with van der Waals surface area (Å²) in [6.45, 7) is 3.12. The Labute approximate surface area is 192 Å². The lowest BCUT2D eigenvalue weighted by atomic mass is 9.96. The minimum absolute atomic E-state index is 0.0268. The van der Waals surface area contributed by atoms with Crippen LogP contribution in [0.3, 0.4) is 0 Å². The van der Waals surface area contributed by atoms with E-state index < -0.39 is 0 Å². The van der Waals surface area contributed by atoms with E-state index in [0.717, 1.165) is 13.1 Å². The molecule has 0 aliphatic carbocycles. The Balaban J connectivity index is 1.39. The molecule has 0 radical (unpaired) electrons. The van der Waals surface area contributed by atoms with E-state index in [1.165, 1.54) is 16.0 Å². The van der Waals surface area contributed by atoms with Crippen LogP contribution in [0, 0.1) is 0 Å². The fourth-order valence-corrected chi connectivity index (χ4v) is 4.57. The Morgan fingerprint density at radius 3 is 2.03 bits per heavy atom. The number of quaternary nitrogens is 1. The van der Waals surface area contributed by atoms with Gasteiger partial charge in [-0.05, 0) is 18.2 Å². The van der Waals surface area contributed by atoms with Crippen molar-refractivity contribution in [1.29, 1.82) is 0 Å². The van der Waals surface area contributed by atoms with Gasteiger partial charge in [-0.25, -0.2) is 0 Å². The summed E-state index contributed by atoms with van der Waals surface area (Å²) < 4.78 is 5.63. The number of piperazine rings is 1. The normalized spacial score (nSPS) is 14.6. The van der Waals surface area contributed by atoms with Gasteiger partial charge in [-0.3, -0.25) is 4.79 Å². The average Bonchev–Trinajstić information content (AvgIpc) is 2.80. The van der Waals surface area contributed by atoms with Crippen LogP contribution in [0.5, 0.6) is 5.75 Å². The lowest BCUT2D eigenvalue weighted by molar-refractivity contribution is -0.929. The molecule has 3 aromatic rings. The molecule has 3 aromatic carbocycles. The van der Waals surface area contributed by atoms with Crippen molar-refractivity contribution < 1.29 is 14.4 Å². The zero-order valence-corrected chi connectivity index (χ0v) is 18.6. The molecule has 31 heavy (non-hydrogen) atoms. The number of ether oxygens (including phenoxy) is 1. The zero-order valence-electron chi connectivity index (χ0n) is 17.1. The molecule has 0 saturated carbocycles. The monoisotopic (exact) mass is 455 g/mol. The Morgan fingerprint density at radius 2 is 1.48 bits per heavy atom. The van der Waals surface area contributed by atoms with Gasteiger partial charge in [0, 0.05) is 16.1 Å². The van der Waals surface area contributed by atoms with Gasteiger partial charge in [-0.1, -0.05) is 83.9 Å². The third kappa shape index (κ3) is 5.40. The van der Waals surface area contributed by atoms with Gasteiger partial charge >= 0.3 is 0 Å². The number of carbonyl (C=O) groups is 1. The summed E-state index contributed by atoms with van der Waals surface area (Å²) >= 11 is 12.0. The number of amides is 1. The van der Waals surface area contributed by atoms with Gasteiger partial charge in [0.2, 0.25) is 0 Å². The van der Waals surface area contributed by atoms with Gasteiger partial charge < -0.3 is 14.5 Å². The number of hydrogen-bond donors (Lipinski definition) is 1. The lowest BCUT2D eigenvalue weighted by Crippen LogP contribution is -3.15. The SMILES string of the molecule is O=C(COc1ccc(Cl)cc1Cl)N1CC[NH+](C(c2ccccc2)c2ccccc2)CC1. The minimum atomic E-state index is -0.0303. The van der Waals surface area contributed by atoms with Gasteiger partial charge in [0.15, 0.2) is 6.61 Å². The van der Waals surface area contributed by atoms with Crippen molar-refractivity contribution in [1.82, 2.24) is 4.90 Å². The van der Waals surface area contributed by atoms with Crippen molar-refractivity contribution in [2.45, 2.75) is 6.04 Å². The average molecular weight is 456 g/mol. The van der Waals surface area contributed by atoms with Crippen LogP contribution in [0.2, 0.25) is 10.0 Å². The second-order valence-corrected chi connectivity index (χ2v) is 8.50. The molecule has 4 nitrogen and oxygen atoms in total. The maximum absolute atomic E-state index is 12.7. The first-order valence-electron chi connectivity index (χ1n) is 10.4. The van der Waals surface area contributed by atoms with E-state index in [9.17, 15) is 4.79 Å². The van der Waals surface area contributed by atoms with Crippen LogP contribution in [0.15, 0.2) is 78.9 Å². The quantitative estimate of drug-likeness (QED) is 0.611. The van der Waals surface area contributed by atoms with E-state index in [4.69, 9.17) is 27.9 Å². The highest BCUT2D eigenvalue weighted by Crippen LogP contribution is 2.27. The fourth-order valence-electron chi connectivity index (χ4n) is 4.11. The highest BCUT2D eigenvalue weighted by atomic mass is 35.5. The standard InChI is InChI=1S/C25H24Cl2N2O2/c26-21-11-12-23(22(27)17-21)31-18-24(30)28-13-15-29(16-14-28)25(19-7-3-1-4-8-19)20-9-5-2-6-10-20/h1-12,17,25H,13-16,18H2/p+1. The van der Waals surface area contributed by atoms with E-state index in [1.54, 1.807) is 18.2 Å². The predicted molar refractivity (Wildman–Crippen MR) is 124 cm³/mol. The van der Waals surface area contributed by atoms with Gasteiger partial charge in [0.05, 0.1) is 31.2 Å². The summed E-state index contributed by atoms with van der Waals surface area (Å²) in [6.07, 6.45) is 0. The zero-order chi connectivity index (χ0) is 21.6. The van der Waals surface area contributed by atoms with E-state index in [-0.39, 0.29) is 18.6 Å². The Morgan fingerprint density at radius 1 is 0.903 bits per heavy atom. The fraction of sp³-hybridized carbons (Fsp3) is 0.240. The van der Waals surface area contributed by atoms with E-state index in [2.05, 4.69) is 48.5 Å². The van der Waals surface area contributed by atoms with Gasteiger partial charge in [-0.15, -0.1) is 0 Å². The second-order valence-electron chi connectivity index (χ2n) is 7.66. The van der Waals surface area contributed by atoms with Crippen LogP contribution in [0.1, 0.15) is 17.2 Å². The van der Waals surface area contributed by atoms with Crippen LogP contribution in [0.4, 0.5) is 0 Å². The third-order valence-corrected chi connectivity index (χ3v) is 6.21. The molecule has 1 fully saturated rings. The molecule has 160 valence electrons. The first-order valence-corrected chi connectivity index (χ1v) is 11.2. The van der Waals surface area contributed by atoms with Crippen molar-refractivity contribution in [3.8, 4) is 5.75 Å². The van der Waals surface area contributed by atoms with Gasteiger partial charge in [-0.2, -0.15) is 0 Å². The van der Waals surface area contributed by atoms with Crippen molar-refractivity contribution >= 4 is 29.1 Å². The van der Waals surface area contributed by atoms with Crippen LogP contribution in [-0.2, 0) is 4.79 Å². The number of halogens is 2. The molecular formula is C25H25Cl2N2O2+. The summed E-state index contributed by atoms with van der Waals surface area (Å²) in [5.74, 6) is 0.443. The predicted octanol–water partition coefficient (Wildman–Crippen LogP) is 3.89. The van der Waals surface area contributed by atoms with E-state index in [0.29, 0.717) is 28.9 Å². The number of carbonyl (C=O) groups excluding carboxylic acids is 1. The molecule has 0 spiro atoms. The number of rotatable bonds is 6. The molecule has 1 heterocycles. The maximum atomic E-state index is 12.7. The molecule has 0 atom stereocenters. The molecule has 1 aliphatic heterocycles. The summed E-state index contributed by atoms with van der Waals surface area (Å²) in [5, 5.41) is 0.942. The molecule has 6 heteroatoms. The van der Waals surface area contributed by atoms with Crippen molar-refractivity contribution in [3.05, 3.63) is 100 Å². The van der Waals surface area contributed by atoms with Crippen LogP contribution >= 0.6 is 23.2 Å². The Bertz CT molecular complexity index is 967. The number of hydrogen-bond acceptors (Lipinski definition) is 2. The Kier molecular flexibility index (Phi) is 7.13. The molecule has 1 N–H and O–H groups in total. The molecule has 0 unspecified atom stereocenters. The summed E-state index contributed by atoms with van der Waals surface area (Å²) in [4.78, 5) is 16.0. The Hall–Kier alpha value is -2.53. The van der Waals surface area contributed by atoms with Crippen LogP contribution < -0.4 is 9.64 Å². The number of nitrogens with one attached hydrogen (secondary N) is 1. The molecule has 1 amide bonds. The number of nitrogens with zero attached hydrogens (tertiary/aromatic N) is 1. The van der Waals surface area contributed by atoms with Gasteiger partial charge in [0.25, 0.3) is 5.91 Å². The summed E-state index contributed by atoms with van der Waals surface area (Å²) in [7, 11) is 0. The van der Waals surface area contributed by atoms with Crippen molar-refractivity contribution in [2.24, 2.45) is 0 Å². The smallest absolute Gasteiger partial charge is 0.260 e. The third-order valence-electron chi connectivity index (χ3n) is 5.68. The van der Waals surface area contributed by atoms with Crippen LogP contribution in [0.25, 0.3) is 0 Å². The molecule has 0 bridgehead atoms. The molecular weight excluding hydrogens is 431 g/mol. The topological polar surface area (TPSA) is 34.0 Å². The maximum Gasteiger partial charge on any atom is 0.260 e. The lowest BCUT2D eigenvalue weighted by Gasteiger charge is -2.37. The molecule has 0 aromatic heterocycles. The molecule has 1 aliphatic rings. The van der Waals surface area contributed by atoms with Crippen LogP contribution in [-0.4, -0.2) is 43.6 Å². The van der Waals surface area contributed by atoms with Crippen molar-refractivity contribution in [2.75, 3.05) is 32.8 Å². The molecule has 4 rings (SSSR count). The van der Waals surface area contributed by atoms with E-state index >= 15 is 0 Å². The summed E-state index contributed by atoms with van der Waals surface area (Å²) in [6, 6.07) is 26.4. The largest absolute Gasteiger partial charge is 0.482 e. The highest BCUT2D eigenvalue weighted by Gasteiger charge is 2.31. The summed E-state index contributed by atoms with van der Waals surface area (Å²) in [5.41, 5.74) is 2.59. The second kappa shape index (κ2) is 10.2. The van der Waals surface area contributed by atoms with Gasteiger partial charge in [0.1, 0.15) is 11.8 Å². The molecule has 1 saturated heterocycles. The first kappa shape index (κ1) is 21.7. The first-order chi connectivity index (χ1) is 15.1. The highest BCUT2D eigenvalue weighted by molar-refractivity contribution is 6.35. The van der Waals surface area contributed by atoms with Crippen molar-refractivity contribution in [3.63, 3.8) is 0 Å². The van der Waals surface area contributed by atoms with E-state index in [1.807, 2.05) is 17.0 Å². The number of benzene rings is 3.